The van der Waals surface area contributed by atoms with E-state index in [0.29, 0.717) is 23.3 Å². The van der Waals surface area contributed by atoms with Gasteiger partial charge in [-0.25, -0.2) is 9.97 Å². The van der Waals surface area contributed by atoms with Crippen LogP contribution in [0.3, 0.4) is 0 Å². The van der Waals surface area contributed by atoms with Gasteiger partial charge in [0.25, 0.3) is 5.56 Å². The Labute approximate surface area is 169 Å². The highest BCUT2D eigenvalue weighted by Crippen LogP contribution is 2.36. The molecule has 1 fully saturated rings. The summed E-state index contributed by atoms with van der Waals surface area (Å²) in [6.07, 6.45) is 7.50. The molecule has 3 aromatic rings. The molecule has 2 aliphatic rings. The molecule has 0 aliphatic carbocycles. The van der Waals surface area contributed by atoms with Crippen LogP contribution >= 0.6 is 0 Å². The van der Waals surface area contributed by atoms with Gasteiger partial charge in [-0.1, -0.05) is 0 Å². The van der Waals surface area contributed by atoms with Crippen LogP contribution < -0.4 is 11.3 Å². The van der Waals surface area contributed by atoms with Crippen molar-refractivity contribution in [1.29, 1.82) is 0 Å². The molecule has 3 aromatic heterocycles. The number of fused-ring (bicyclic) bond motifs is 4. The molecule has 0 amide bonds. The highest BCUT2D eigenvalue weighted by molar-refractivity contribution is 5.61. The first-order valence-corrected chi connectivity index (χ1v) is 10.2. The highest BCUT2D eigenvalue weighted by Gasteiger charge is 2.34. The van der Waals surface area contributed by atoms with Crippen LogP contribution in [0.2, 0.25) is 0 Å². The van der Waals surface area contributed by atoms with Crippen LogP contribution in [-0.2, 0) is 13.1 Å². The number of hydrogen-bond acceptors (Lipinski definition) is 6. The van der Waals surface area contributed by atoms with Gasteiger partial charge in [-0.3, -0.25) is 9.48 Å². The van der Waals surface area contributed by atoms with Crippen LogP contribution in [0, 0.1) is 5.92 Å². The topological polar surface area (TPSA) is 94.9 Å². The molecule has 150 valence electrons. The lowest BCUT2D eigenvalue weighted by Crippen LogP contribution is -2.47. The Hall–Kier alpha value is -3.00. The van der Waals surface area contributed by atoms with Crippen molar-refractivity contribution in [3.8, 4) is 11.3 Å². The molecule has 2 N–H and O–H groups in total. The van der Waals surface area contributed by atoms with Gasteiger partial charge in [0.1, 0.15) is 12.1 Å². The summed E-state index contributed by atoms with van der Waals surface area (Å²) in [6.45, 7) is 4.84. The molecule has 0 aromatic carbocycles. The van der Waals surface area contributed by atoms with E-state index >= 15 is 0 Å². The molecule has 29 heavy (non-hydrogen) atoms. The number of pyridine rings is 1. The van der Waals surface area contributed by atoms with Gasteiger partial charge >= 0.3 is 0 Å². The molecule has 5 rings (SSSR count). The number of aromatic nitrogens is 5. The predicted octanol–water partition coefficient (Wildman–Crippen LogP) is 1.59. The molecule has 0 saturated carbocycles. The van der Waals surface area contributed by atoms with E-state index in [4.69, 9.17) is 5.73 Å². The average Bonchev–Trinajstić information content (AvgIpc) is 3.22. The molecular weight excluding hydrogens is 366 g/mol. The molecule has 2 bridgehead atoms. The van der Waals surface area contributed by atoms with Crippen molar-refractivity contribution in [1.82, 2.24) is 29.2 Å². The zero-order valence-electron chi connectivity index (χ0n) is 16.3. The number of piperidine rings is 1. The van der Waals surface area contributed by atoms with Crippen molar-refractivity contribution < 1.29 is 0 Å². The van der Waals surface area contributed by atoms with Crippen LogP contribution in [0.5, 0.6) is 0 Å². The first kappa shape index (κ1) is 18.1. The quantitative estimate of drug-likeness (QED) is 0.710. The molecular formula is C21H25N7O. The van der Waals surface area contributed by atoms with Crippen LogP contribution in [0.4, 0.5) is 5.82 Å². The lowest BCUT2D eigenvalue weighted by atomic mass is 9.82. The van der Waals surface area contributed by atoms with Gasteiger partial charge in [0.05, 0.1) is 5.69 Å². The molecule has 1 saturated heterocycles. The smallest absolute Gasteiger partial charge is 0.251 e. The maximum absolute atomic E-state index is 12.8. The number of likely N-dealkylation sites (tertiary alicyclic amines) is 1. The molecule has 8 heteroatoms. The summed E-state index contributed by atoms with van der Waals surface area (Å²) in [5.74, 6) is 1.32. The van der Waals surface area contributed by atoms with E-state index in [1.54, 1.807) is 12.1 Å². The van der Waals surface area contributed by atoms with E-state index in [1.165, 1.54) is 6.33 Å². The third kappa shape index (κ3) is 3.67. The second kappa shape index (κ2) is 7.44. The Bertz CT molecular complexity index is 1060. The van der Waals surface area contributed by atoms with Crippen molar-refractivity contribution in [3.63, 3.8) is 0 Å². The second-order valence-electron chi connectivity index (χ2n) is 8.13. The van der Waals surface area contributed by atoms with E-state index in [2.05, 4.69) is 26.0 Å². The van der Waals surface area contributed by atoms with Crippen LogP contribution in [0.1, 0.15) is 24.5 Å². The van der Waals surface area contributed by atoms with Crippen molar-refractivity contribution in [3.05, 3.63) is 59.0 Å². The zero-order chi connectivity index (χ0) is 19.8. The molecule has 2 atom stereocenters. The Morgan fingerprint density at radius 2 is 2.03 bits per heavy atom. The Balaban J connectivity index is 1.36. The summed E-state index contributed by atoms with van der Waals surface area (Å²) in [4.78, 5) is 23.6. The van der Waals surface area contributed by atoms with E-state index in [9.17, 15) is 4.79 Å². The molecule has 8 nitrogen and oxygen atoms in total. The molecule has 0 unspecified atom stereocenters. The van der Waals surface area contributed by atoms with Gasteiger partial charge in [-0.05, 0) is 37.4 Å². The molecule has 0 radical (unpaired) electrons. The summed E-state index contributed by atoms with van der Waals surface area (Å²) >= 11 is 0. The minimum atomic E-state index is 0.0523. The van der Waals surface area contributed by atoms with Crippen LogP contribution in [-0.4, -0.2) is 48.8 Å². The monoisotopic (exact) mass is 391 g/mol. The first-order valence-electron chi connectivity index (χ1n) is 10.2. The lowest BCUT2D eigenvalue weighted by Gasteiger charge is -2.43. The van der Waals surface area contributed by atoms with Gasteiger partial charge in [-0.15, -0.1) is 0 Å². The third-order valence-corrected chi connectivity index (χ3v) is 6.04. The van der Waals surface area contributed by atoms with Crippen molar-refractivity contribution in [2.45, 2.75) is 31.8 Å². The fourth-order valence-corrected chi connectivity index (χ4v) is 4.81. The maximum atomic E-state index is 12.8. The first-order chi connectivity index (χ1) is 14.2. The summed E-state index contributed by atoms with van der Waals surface area (Å²) in [7, 11) is 0. The second-order valence-corrected chi connectivity index (χ2v) is 8.13. The van der Waals surface area contributed by atoms with Gasteiger partial charge in [0, 0.05) is 67.9 Å². The zero-order valence-corrected chi connectivity index (χ0v) is 16.3. The summed E-state index contributed by atoms with van der Waals surface area (Å²) in [6, 6.07) is 7.48. The lowest BCUT2D eigenvalue weighted by molar-refractivity contribution is 0.117. The third-order valence-electron chi connectivity index (χ3n) is 6.04. The fourth-order valence-electron chi connectivity index (χ4n) is 4.81. The van der Waals surface area contributed by atoms with Gasteiger partial charge < -0.3 is 15.2 Å². The number of aryl methyl sites for hydroxylation is 1. The Morgan fingerprint density at radius 3 is 2.86 bits per heavy atom. The molecule has 5 heterocycles. The number of nitrogens with zero attached hydrogens (tertiary/aromatic N) is 6. The highest BCUT2D eigenvalue weighted by atomic mass is 16.1. The van der Waals surface area contributed by atoms with E-state index in [-0.39, 0.29) is 5.56 Å². The molecule has 0 spiro atoms. The van der Waals surface area contributed by atoms with Crippen molar-refractivity contribution >= 4 is 5.82 Å². The Morgan fingerprint density at radius 1 is 1.10 bits per heavy atom. The van der Waals surface area contributed by atoms with E-state index < -0.39 is 0 Å². The number of nitrogens with two attached hydrogens (primary N) is 1. The van der Waals surface area contributed by atoms with Gasteiger partial charge in [0.15, 0.2) is 0 Å². The van der Waals surface area contributed by atoms with Gasteiger partial charge in [-0.2, -0.15) is 5.10 Å². The summed E-state index contributed by atoms with van der Waals surface area (Å²) in [5, 5.41) is 4.28. The number of anilines is 1. The summed E-state index contributed by atoms with van der Waals surface area (Å²) < 4.78 is 3.95. The van der Waals surface area contributed by atoms with Crippen LogP contribution in [0.25, 0.3) is 11.3 Å². The van der Waals surface area contributed by atoms with Crippen molar-refractivity contribution in [2.75, 3.05) is 25.4 Å². The fraction of sp³-hybridized carbons (Fsp3) is 0.429. The largest absolute Gasteiger partial charge is 0.384 e. The van der Waals surface area contributed by atoms with Gasteiger partial charge in [0.2, 0.25) is 0 Å². The van der Waals surface area contributed by atoms with Crippen LogP contribution in [0.15, 0.2) is 47.8 Å². The normalized spacial score (nSPS) is 21.1. The summed E-state index contributed by atoms with van der Waals surface area (Å²) in [5.41, 5.74) is 8.50. The molecule has 2 aliphatic heterocycles. The van der Waals surface area contributed by atoms with Crippen molar-refractivity contribution in [2.24, 2.45) is 5.92 Å². The van der Waals surface area contributed by atoms with E-state index in [0.717, 1.165) is 56.8 Å². The number of hydrogen-bond donors (Lipinski definition) is 1. The van der Waals surface area contributed by atoms with E-state index in [1.807, 2.05) is 27.7 Å². The average molecular weight is 391 g/mol. The minimum Gasteiger partial charge on any atom is -0.384 e. The minimum absolute atomic E-state index is 0.0523. The predicted molar refractivity (Wildman–Crippen MR) is 110 cm³/mol. The Kier molecular flexibility index (Phi) is 4.63. The maximum Gasteiger partial charge on any atom is 0.251 e. The standard InChI is InChI=1S/C21H25N7O/c22-20-10-18(23-14-24-20)16-8-19-17-7-15(12-28(19)21(29)9-16)11-26(13-17)4-2-6-27-5-1-3-25-27/h1,3,5,8-10,14-15,17H,2,4,6-7,11-13H2,(H2,22,23,24)/t15-,17+/m0/s1. The number of rotatable bonds is 5. The SMILES string of the molecule is Nc1cc(-c2cc3n(c(=O)c2)C[C@H]2C[C@@H]3CN(CCCn3cccn3)C2)ncn1. The number of nitrogen functional groups attached to an aromatic ring is 1.